The second-order valence-electron chi connectivity index (χ2n) is 5.37. The van der Waals surface area contributed by atoms with E-state index >= 15 is 0 Å². The van der Waals surface area contributed by atoms with Crippen molar-refractivity contribution >= 4 is 0 Å². The molecule has 20 heavy (non-hydrogen) atoms. The Morgan fingerprint density at radius 1 is 1.45 bits per heavy atom. The predicted molar refractivity (Wildman–Crippen MR) is 77.2 cm³/mol. The van der Waals surface area contributed by atoms with E-state index in [4.69, 9.17) is 4.42 Å². The van der Waals surface area contributed by atoms with Crippen molar-refractivity contribution in [1.29, 1.82) is 0 Å². The average Bonchev–Trinajstić information content (AvgIpc) is 3.01. The van der Waals surface area contributed by atoms with Crippen LogP contribution in [0.1, 0.15) is 49.4 Å². The molecule has 110 valence electrons. The number of aliphatic hydroxyl groups is 1. The van der Waals surface area contributed by atoms with Crippen LogP contribution in [0.4, 0.5) is 0 Å². The molecule has 0 radical (unpaired) electrons. The lowest BCUT2D eigenvalue weighted by Gasteiger charge is -2.21. The Labute approximate surface area is 119 Å². The van der Waals surface area contributed by atoms with Crippen LogP contribution in [0.2, 0.25) is 0 Å². The molecule has 5 nitrogen and oxygen atoms in total. The maximum absolute atomic E-state index is 10.1. The van der Waals surface area contributed by atoms with Gasteiger partial charge in [-0.25, -0.2) is 0 Å². The molecule has 2 aromatic rings. The molecule has 0 aliphatic carbocycles. The largest absolute Gasteiger partial charge is 0.467 e. The molecule has 2 aromatic heterocycles. The van der Waals surface area contributed by atoms with Gasteiger partial charge in [0.2, 0.25) is 0 Å². The van der Waals surface area contributed by atoms with Gasteiger partial charge >= 0.3 is 0 Å². The van der Waals surface area contributed by atoms with Gasteiger partial charge in [-0.05, 0) is 39.3 Å². The summed E-state index contributed by atoms with van der Waals surface area (Å²) < 4.78 is 7.09. The zero-order valence-corrected chi connectivity index (χ0v) is 12.5. The van der Waals surface area contributed by atoms with Crippen LogP contribution in [0.15, 0.2) is 29.0 Å². The highest BCUT2D eigenvalue weighted by atomic mass is 16.4. The van der Waals surface area contributed by atoms with Crippen LogP contribution in [-0.4, -0.2) is 20.9 Å². The summed E-state index contributed by atoms with van der Waals surface area (Å²) in [5.74, 6) is 0.615. The van der Waals surface area contributed by atoms with Gasteiger partial charge < -0.3 is 14.8 Å². The van der Waals surface area contributed by atoms with Crippen molar-refractivity contribution in [3.63, 3.8) is 0 Å². The van der Waals surface area contributed by atoms with Gasteiger partial charge in [-0.15, -0.1) is 0 Å². The first-order chi connectivity index (χ1) is 9.49. The quantitative estimate of drug-likeness (QED) is 0.851. The molecule has 0 fully saturated rings. The number of furan rings is 1. The molecule has 3 unspecified atom stereocenters. The van der Waals surface area contributed by atoms with Gasteiger partial charge in [0.1, 0.15) is 11.9 Å². The summed E-state index contributed by atoms with van der Waals surface area (Å²) in [5.41, 5.74) is 2.34. The van der Waals surface area contributed by atoms with Crippen molar-refractivity contribution in [1.82, 2.24) is 15.1 Å². The first-order valence-electron chi connectivity index (χ1n) is 6.95. The first kappa shape index (κ1) is 14.8. The summed E-state index contributed by atoms with van der Waals surface area (Å²) in [4.78, 5) is 0. The molecule has 0 aliphatic heterocycles. The third-order valence-corrected chi connectivity index (χ3v) is 3.72. The number of aliphatic hydroxyl groups excluding tert-OH is 1. The molecule has 0 saturated heterocycles. The fraction of sp³-hybridized carbons (Fsp3) is 0.533. The molecule has 0 aromatic carbocycles. The number of nitrogens with one attached hydrogen (secondary N) is 1. The number of rotatable bonds is 6. The molecule has 2 N–H and O–H groups in total. The lowest BCUT2D eigenvalue weighted by molar-refractivity contribution is 0.127. The summed E-state index contributed by atoms with van der Waals surface area (Å²) in [7, 11) is 1.94. The van der Waals surface area contributed by atoms with E-state index in [0.717, 1.165) is 5.69 Å². The predicted octanol–water partition coefficient (Wildman–Crippen LogP) is 2.48. The fourth-order valence-corrected chi connectivity index (χ4v) is 2.46. The number of aromatic nitrogens is 2. The van der Waals surface area contributed by atoms with Crippen LogP contribution in [0.25, 0.3) is 0 Å². The Bertz CT molecular complexity index is 533. The van der Waals surface area contributed by atoms with E-state index in [2.05, 4.69) is 31.2 Å². The summed E-state index contributed by atoms with van der Waals surface area (Å²) in [6.07, 6.45) is 3.51. The highest BCUT2D eigenvalue weighted by molar-refractivity contribution is 5.19. The monoisotopic (exact) mass is 277 g/mol. The van der Waals surface area contributed by atoms with Crippen LogP contribution in [0, 0.1) is 6.92 Å². The zero-order chi connectivity index (χ0) is 14.7. The second-order valence-corrected chi connectivity index (χ2v) is 5.37. The SMILES string of the molecule is Cc1c(C(C)NC(C)CC(O)c2ccco2)cnn1C. The fourth-order valence-electron chi connectivity index (χ4n) is 2.46. The summed E-state index contributed by atoms with van der Waals surface area (Å²) in [5, 5.41) is 17.8. The minimum atomic E-state index is -0.574. The van der Waals surface area contributed by atoms with Crippen molar-refractivity contribution in [2.45, 2.75) is 45.4 Å². The van der Waals surface area contributed by atoms with E-state index in [1.807, 2.05) is 17.9 Å². The lowest BCUT2D eigenvalue weighted by Crippen LogP contribution is -2.30. The molecule has 0 aliphatic rings. The third-order valence-electron chi connectivity index (χ3n) is 3.72. The topological polar surface area (TPSA) is 63.2 Å². The lowest BCUT2D eigenvalue weighted by atomic mass is 10.1. The van der Waals surface area contributed by atoms with E-state index < -0.39 is 6.10 Å². The molecular formula is C15H23N3O2. The van der Waals surface area contributed by atoms with Crippen LogP contribution in [-0.2, 0) is 7.05 Å². The Hall–Kier alpha value is -1.59. The van der Waals surface area contributed by atoms with Crippen LogP contribution < -0.4 is 5.32 Å². The van der Waals surface area contributed by atoms with E-state index in [9.17, 15) is 5.11 Å². The molecule has 0 bridgehead atoms. The molecule has 0 amide bonds. The van der Waals surface area contributed by atoms with Crippen LogP contribution in [0.3, 0.4) is 0 Å². The van der Waals surface area contributed by atoms with Crippen LogP contribution >= 0.6 is 0 Å². The summed E-state index contributed by atoms with van der Waals surface area (Å²) >= 11 is 0. The van der Waals surface area contributed by atoms with E-state index in [1.54, 1.807) is 18.4 Å². The minimum absolute atomic E-state index is 0.171. The third kappa shape index (κ3) is 3.29. The number of hydrogen-bond acceptors (Lipinski definition) is 4. The summed E-state index contributed by atoms with van der Waals surface area (Å²) in [6, 6.07) is 3.96. The van der Waals surface area contributed by atoms with E-state index in [-0.39, 0.29) is 12.1 Å². The summed E-state index contributed by atoms with van der Waals surface area (Å²) in [6.45, 7) is 6.23. The van der Waals surface area contributed by atoms with Crippen molar-refractivity contribution in [2.24, 2.45) is 7.05 Å². The van der Waals surface area contributed by atoms with Gasteiger partial charge in [0.15, 0.2) is 0 Å². The molecular weight excluding hydrogens is 254 g/mol. The van der Waals surface area contributed by atoms with E-state index in [1.165, 1.54) is 5.56 Å². The van der Waals surface area contributed by atoms with Crippen LogP contribution in [0.5, 0.6) is 0 Å². The van der Waals surface area contributed by atoms with Gasteiger partial charge in [0.25, 0.3) is 0 Å². The minimum Gasteiger partial charge on any atom is -0.467 e. The maximum atomic E-state index is 10.1. The Morgan fingerprint density at radius 3 is 2.75 bits per heavy atom. The highest BCUT2D eigenvalue weighted by Gasteiger charge is 2.18. The molecule has 0 saturated carbocycles. The number of aryl methyl sites for hydroxylation is 1. The normalized spacial score (nSPS) is 16.1. The van der Waals surface area contributed by atoms with Gasteiger partial charge in [-0.3, -0.25) is 4.68 Å². The standard InChI is InChI=1S/C15H23N3O2/c1-10(8-14(19)15-6-5-7-20-15)17-11(2)13-9-16-18(4)12(13)3/h5-7,9-11,14,17,19H,8H2,1-4H3. The first-order valence-corrected chi connectivity index (χ1v) is 6.95. The molecule has 2 heterocycles. The van der Waals surface area contributed by atoms with Crippen molar-refractivity contribution in [3.05, 3.63) is 41.6 Å². The Balaban J connectivity index is 1.91. The highest BCUT2D eigenvalue weighted by Crippen LogP contribution is 2.21. The Morgan fingerprint density at radius 2 is 2.20 bits per heavy atom. The van der Waals surface area contributed by atoms with Gasteiger partial charge in [-0.1, -0.05) is 0 Å². The average molecular weight is 277 g/mol. The van der Waals surface area contributed by atoms with E-state index in [0.29, 0.717) is 12.2 Å². The molecule has 3 atom stereocenters. The van der Waals surface area contributed by atoms with Crippen molar-refractivity contribution < 1.29 is 9.52 Å². The smallest absolute Gasteiger partial charge is 0.132 e. The number of hydrogen-bond donors (Lipinski definition) is 2. The molecule has 5 heteroatoms. The number of nitrogens with zero attached hydrogens (tertiary/aromatic N) is 2. The zero-order valence-electron chi connectivity index (χ0n) is 12.5. The van der Waals surface area contributed by atoms with Crippen molar-refractivity contribution in [2.75, 3.05) is 0 Å². The van der Waals surface area contributed by atoms with Crippen molar-refractivity contribution in [3.8, 4) is 0 Å². The molecule has 2 rings (SSSR count). The van der Waals surface area contributed by atoms with Gasteiger partial charge in [-0.2, -0.15) is 5.10 Å². The second kappa shape index (κ2) is 6.24. The Kier molecular flexibility index (Phi) is 4.62. The molecule has 0 spiro atoms. The van der Waals surface area contributed by atoms with Gasteiger partial charge in [0, 0.05) is 30.4 Å². The maximum Gasteiger partial charge on any atom is 0.132 e. The van der Waals surface area contributed by atoms with Gasteiger partial charge in [0.05, 0.1) is 12.5 Å².